The van der Waals surface area contributed by atoms with Crippen LogP contribution in [0.25, 0.3) is 22.3 Å². The van der Waals surface area contributed by atoms with Crippen molar-refractivity contribution in [2.75, 3.05) is 24.7 Å². The molecule has 1 N–H and O–H groups in total. The van der Waals surface area contributed by atoms with E-state index in [9.17, 15) is 17.6 Å². The summed E-state index contributed by atoms with van der Waals surface area (Å²) in [6.07, 6.45) is 2.32. The number of carbonyl (C=O) groups excluding carboxylic acids is 1. The van der Waals surface area contributed by atoms with Crippen LogP contribution in [0.15, 0.2) is 30.3 Å². The minimum Gasteiger partial charge on any atom is -0.376 e. The van der Waals surface area contributed by atoms with Crippen LogP contribution < -0.4 is 5.32 Å². The number of nitrogens with zero attached hydrogens (tertiary/aromatic N) is 3. The zero-order valence-electron chi connectivity index (χ0n) is 18.3. The van der Waals surface area contributed by atoms with Crippen LogP contribution in [0, 0.1) is 12.7 Å². The Morgan fingerprint density at radius 3 is 2.73 bits per heavy atom. The average Bonchev–Trinajstić information content (AvgIpc) is 3.51. The quantitative estimate of drug-likeness (QED) is 0.613. The number of halogens is 1. The first-order valence-corrected chi connectivity index (χ1v) is 12.9. The molecule has 3 aromatic rings. The number of hydrogen-bond donors (Lipinski definition) is 1. The van der Waals surface area contributed by atoms with E-state index in [0.717, 1.165) is 12.8 Å². The Bertz CT molecular complexity index is 1310. The maximum atomic E-state index is 13.5. The molecule has 0 aliphatic carbocycles. The van der Waals surface area contributed by atoms with Gasteiger partial charge < -0.3 is 10.1 Å². The van der Waals surface area contributed by atoms with E-state index >= 15 is 0 Å². The number of rotatable bonds is 5. The predicted octanol–water partition coefficient (Wildman–Crippen LogP) is 2.81. The van der Waals surface area contributed by atoms with Crippen LogP contribution in [-0.4, -0.2) is 59.9 Å². The van der Waals surface area contributed by atoms with Crippen molar-refractivity contribution in [1.29, 1.82) is 0 Å². The second-order valence-electron chi connectivity index (χ2n) is 8.69. The monoisotopic (exact) mass is 472 g/mol. The second-order valence-corrected chi connectivity index (χ2v) is 10.9. The van der Waals surface area contributed by atoms with E-state index in [4.69, 9.17) is 9.72 Å². The van der Waals surface area contributed by atoms with Crippen LogP contribution in [0.5, 0.6) is 0 Å². The fraction of sp³-hybridized carbons (Fsp3) is 0.435. The average molecular weight is 473 g/mol. The molecule has 2 atom stereocenters. The molecule has 8 nitrogen and oxygen atoms in total. The number of hydrogen-bond acceptors (Lipinski definition) is 6. The highest BCUT2D eigenvalue weighted by atomic mass is 32.2. The maximum Gasteiger partial charge on any atom is 0.252 e. The highest BCUT2D eigenvalue weighted by molar-refractivity contribution is 7.91. The molecule has 5 rings (SSSR count). The molecule has 0 unspecified atom stereocenters. The lowest BCUT2D eigenvalue weighted by molar-refractivity contribution is 0.0859. The maximum absolute atomic E-state index is 13.5. The van der Waals surface area contributed by atoms with Crippen LogP contribution in [-0.2, 0) is 14.6 Å². The second kappa shape index (κ2) is 8.49. The van der Waals surface area contributed by atoms with Crippen molar-refractivity contribution in [2.24, 2.45) is 0 Å². The lowest BCUT2D eigenvalue weighted by Crippen LogP contribution is -2.32. The lowest BCUT2D eigenvalue weighted by atomic mass is 10.0. The highest BCUT2D eigenvalue weighted by Gasteiger charge is 2.32. The number of benzene rings is 1. The van der Waals surface area contributed by atoms with Gasteiger partial charge in [-0.1, -0.05) is 0 Å². The molecule has 33 heavy (non-hydrogen) atoms. The van der Waals surface area contributed by atoms with Gasteiger partial charge in [0.1, 0.15) is 5.82 Å². The van der Waals surface area contributed by atoms with Gasteiger partial charge in [-0.15, -0.1) is 0 Å². The highest BCUT2D eigenvalue weighted by Crippen LogP contribution is 2.32. The summed E-state index contributed by atoms with van der Waals surface area (Å²) in [6.45, 7) is 2.89. The third-order valence-electron chi connectivity index (χ3n) is 6.29. The van der Waals surface area contributed by atoms with E-state index in [1.165, 1.54) is 12.1 Å². The normalized spacial score (nSPS) is 22.1. The zero-order valence-corrected chi connectivity index (χ0v) is 19.1. The molecule has 2 aliphatic heterocycles. The Morgan fingerprint density at radius 1 is 1.27 bits per heavy atom. The molecular formula is C23H25FN4O4S. The molecular weight excluding hydrogens is 447 g/mol. The zero-order chi connectivity index (χ0) is 23.2. The fourth-order valence-electron chi connectivity index (χ4n) is 4.59. The molecule has 0 bridgehead atoms. The molecule has 1 amide bonds. The molecule has 2 aliphatic rings. The molecule has 4 heterocycles. The van der Waals surface area contributed by atoms with Crippen molar-refractivity contribution in [3.63, 3.8) is 0 Å². The smallest absolute Gasteiger partial charge is 0.252 e. The van der Waals surface area contributed by atoms with Gasteiger partial charge >= 0.3 is 0 Å². The van der Waals surface area contributed by atoms with Crippen molar-refractivity contribution in [3.8, 4) is 11.3 Å². The molecule has 2 aromatic heterocycles. The first-order chi connectivity index (χ1) is 15.8. The van der Waals surface area contributed by atoms with E-state index in [-0.39, 0.29) is 35.4 Å². The van der Waals surface area contributed by atoms with Gasteiger partial charge in [0.05, 0.1) is 46.0 Å². The van der Waals surface area contributed by atoms with Gasteiger partial charge in [0.2, 0.25) is 0 Å². The minimum atomic E-state index is -3.14. The van der Waals surface area contributed by atoms with E-state index in [2.05, 4.69) is 10.4 Å². The van der Waals surface area contributed by atoms with Crippen molar-refractivity contribution >= 4 is 26.8 Å². The number of carbonyl (C=O) groups is 1. The summed E-state index contributed by atoms with van der Waals surface area (Å²) in [7, 11) is -3.14. The molecule has 2 fully saturated rings. The van der Waals surface area contributed by atoms with Gasteiger partial charge in [0.15, 0.2) is 15.5 Å². The number of pyridine rings is 1. The van der Waals surface area contributed by atoms with Gasteiger partial charge in [-0.25, -0.2) is 22.5 Å². The number of sulfone groups is 1. The minimum absolute atomic E-state index is 0.00429. The van der Waals surface area contributed by atoms with Crippen LogP contribution in [0.1, 0.15) is 41.4 Å². The molecule has 0 saturated carbocycles. The predicted molar refractivity (Wildman–Crippen MR) is 121 cm³/mol. The summed E-state index contributed by atoms with van der Waals surface area (Å²) >= 11 is 0. The summed E-state index contributed by atoms with van der Waals surface area (Å²) in [5, 5.41) is 8.14. The topological polar surface area (TPSA) is 103 Å². The molecule has 10 heteroatoms. The third-order valence-corrected chi connectivity index (χ3v) is 8.04. The van der Waals surface area contributed by atoms with E-state index in [1.807, 2.05) is 0 Å². The number of aromatic nitrogens is 3. The first kappa shape index (κ1) is 22.0. The number of ether oxygens (including phenoxy) is 1. The molecule has 1 aromatic carbocycles. The lowest BCUT2D eigenvalue weighted by Gasteiger charge is -2.14. The van der Waals surface area contributed by atoms with Crippen molar-refractivity contribution in [3.05, 3.63) is 47.4 Å². The summed E-state index contributed by atoms with van der Waals surface area (Å²) in [4.78, 5) is 18.0. The summed E-state index contributed by atoms with van der Waals surface area (Å²) < 4.78 is 44.9. The standard InChI is InChI=1S/C23H25FN4O4S/c1-14-21-19(23(29)25-12-18-3-2-9-32-18)11-20(15-4-6-16(24)7-5-15)26-22(21)28(27-14)17-8-10-33(30,31)13-17/h4-7,11,17-18H,2-3,8-10,12-13H2,1H3,(H,25,29)/t17-,18-/m1/s1. The molecule has 174 valence electrons. The van der Waals surface area contributed by atoms with Gasteiger partial charge in [0.25, 0.3) is 5.91 Å². The van der Waals surface area contributed by atoms with Gasteiger partial charge in [-0.3, -0.25) is 4.79 Å². The van der Waals surface area contributed by atoms with Crippen molar-refractivity contribution < 1.29 is 22.3 Å². The van der Waals surface area contributed by atoms with Crippen molar-refractivity contribution in [1.82, 2.24) is 20.1 Å². The van der Waals surface area contributed by atoms with Crippen molar-refractivity contribution in [2.45, 2.75) is 38.3 Å². The third kappa shape index (κ3) is 4.37. The van der Waals surface area contributed by atoms with E-state index in [1.54, 1.807) is 29.8 Å². The van der Waals surface area contributed by atoms with Crippen LogP contribution in [0.4, 0.5) is 4.39 Å². The fourth-order valence-corrected chi connectivity index (χ4v) is 6.28. The van der Waals surface area contributed by atoms with E-state index < -0.39 is 9.84 Å². The van der Waals surface area contributed by atoms with Gasteiger partial charge in [0, 0.05) is 18.7 Å². The number of aryl methyl sites for hydroxylation is 1. The first-order valence-electron chi connectivity index (χ1n) is 11.1. The largest absolute Gasteiger partial charge is 0.376 e. The molecule has 2 saturated heterocycles. The Hall–Kier alpha value is -2.85. The Morgan fingerprint density at radius 2 is 2.06 bits per heavy atom. The number of nitrogens with one attached hydrogen (secondary N) is 1. The van der Waals surface area contributed by atoms with Gasteiger partial charge in [-0.2, -0.15) is 5.10 Å². The van der Waals surface area contributed by atoms with Gasteiger partial charge in [-0.05, 0) is 56.5 Å². The van der Waals surface area contributed by atoms with Crippen LogP contribution >= 0.6 is 0 Å². The summed E-state index contributed by atoms with van der Waals surface area (Å²) in [5.74, 6) is -0.550. The van der Waals surface area contributed by atoms with E-state index in [0.29, 0.717) is 53.1 Å². The van der Waals surface area contributed by atoms with Crippen LogP contribution in [0.3, 0.4) is 0 Å². The van der Waals surface area contributed by atoms with Crippen LogP contribution in [0.2, 0.25) is 0 Å². The Kier molecular flexibility index (Phi) is 5.65. The SMILES string of the molecule is Cc1nn([C@@H]2CCS(=O)(=O)C2)c2nc(-c3ccc(F)cc3)cc(C(=O)NC[C@H]3CCCO3)c12. The Balaban J connectivity index is 1.60. The number of amides is 1. The summed E-state index contributed by atoms with van der Waals surface area (Å²) in [5.41, 5.74) is 2.61. The molecule has 0 radical (unpaired) electrons. The molecule has 0 spiro atoms. The number of fused-ring (bicyclic) bond motifs is 1. The summed E-state index contributed by atoms with van der Waals surface area (Å²) in [6, 6.07) is 7.22. The Labute approximate surface area is 191 Å².